The molecule has 1 aliphatic carbocycles. The van der Waals surface area contributed by atoms with Gasteiger partial charge in [0.05, 0.1) is 5.56 Å². The number of amides is 1. The molecule has 0 heterocycles. The molecule has 0 aromatic heterocycles. The van der Waals surface area contributed by atoms with Crippen LogP contribution in [0.25, 0.3) is 0 Å². The zero-order chi connectivity index (χ0) is 15.4. The van der Waals surface area contributed by atoms with Gasteiger partial charge in [-0.3, -0.25) is 4.79 Å². The molecule has 3 nitrogen and oxygen atoms in total. The van der Waals surface area contributed by atoms with Crippen molar-refractivity contribution in [2.45, 2.75) is 45.1 Å². The molecular weight excluding hydrogens is 274 g/mol. The number of carbonyl (C=O) groups excluding carboxylic acids is 1. The minimum absolute atomic E-state index is 0.122. The smallest absolute Gasteiger partial charge is 0.254 e. The first-order chi connectivity index (χ1) is 10.0. The second-order valence-corrected chi connectivity index (χ2v) is 5.79. The summed E-state index contributed by atoms with van der Waals surface area (Å²) in [6, 6.07) is 1.85. The molecule has 0 saturated heterocycles. The molecular formula is C16H22F2N2O. The van der Waals surface area contributed by atoms with Gasteiger partial charge >= 0.3 is 0 Å². The summed E-state index contributed by atoms with van der Waals surface area (Å²) in [4.78, 5) is 12.2. The minimum atomic E-state index is -0.838. The second-order valence-electron chi connectivity index (χ2n) is 5.79. The fourth-order valence-corrected chi connectivity index (χ4v) is 2.98. The fraction of sp³-hybridized carbons (Fsp3) is 0.562. The number of rotatable bonds is 4. The molecule has 0 aliphatic heterocycles. The number of halogens is 2. The summed E-state index contributed by atoms with van der Waals surface area (Å²) in [6.07, 6.45) is 5.57. The van der Waals surface area contributed by atoms with Gasteiger partial charge in [0.1, 0.15) is 11.6 Å². The van der Waals surface area contributed by atoms with Crippen LogP contribution in [0, 0.1) is 24.5 Å². The van der Waals surface area contributed by atoms with Gasteiger partial charge in [0.25, 0.3) is 5.91 Å². The fourth-order valence-electron chi connectivity index (χ4n) is 2.98. The summed E-state index contributed by atoms with van der Waals surface area (Å²) in [5.74, 6) is -1.66. The van der Waals surface area contributed by atoms with Crippen molar-refractivity contribution in [2.75, 3.05) is 6.54 Å². The number of hydrogen-bond acceptors (Lipinski definition) is 2. The Morgan fingerprint density at radius 3 is 2.57 bits per heavy atom. The van der Waals surface area contributed by atoms with Crippen LogP contribution in [0.5, 0.6) is 0 Å². The van der Waals surface area contributed by atoms with Crippen molar-refractivity contribution in [3.05, 3.63) is 34.9 Å². The first-order valence-corrected chi connectivity index (χ1v) is 7.49. The highest BCUT2D eigenvalue weighted by molar-refractivity contribution is 5.94. The third kappa shape index (κ3) is 3.79. The number of carbonyl (C=O) groups is 1. The van der Waals surface area contributed by atoms with Crippen LogP contribution in [0.15, 0.2) is 12.1 Å². The van der Waals surface area contributed by atoms with Crippen LogP contribution >= 0.6 is 0 Å². The summed E-state index contributed by atoms with van der Waals surface area (Å²) in [6.45, 7) is 1.84. The maximum Gasteiger partial charge on any atom is 0.254 e. The zero-order valence-corrected chi connectivity index (χ0v) is 12.3. The average molecular weight is 296 g/mol. The van der Waals surface area contributed by atoms with E-state index in [-0.39, 0.29) is 17.2 Å². The van der Waals surface area contributed by atoms with E-state index in [2.05, 4.69) is 5.32 Å². The standard InChI is InChI=1S/C16H22F2N2O/c1-10-7-12(14(18)8-13(10)17)16(21)20-15(9-19)11-5-3-2-4-6-11/h7-8,11,15H,2-6,9,19H2,1H3,(H,20,21). The highest BCUT2D eigenvalue weighted by Crippen LogP contribution is 2.26. The number of hydrogen-bond donors (Lipinski definition) is 2. The lowest BCUT2D eigenvalue weighted by Gasteiger charge is -2.30. The molecule has 3 N–H and O–H groups in total. The third-order valence-corrected chi connectivity index (χ3v) is 4.28. The van der Waals surface area contributed by atoms with Gasteiger partial charge in [-0.1, -0.05) is 19.3 Å². The van der Waals surface area contributed by atoms with E-state index in [1.54, 1.807) is 0 Å². The molecule has 2 rings (SSSR count). The van der Waals surface area contributed by atoms with Gasteiger partial charge in [0.15, 0.2) is 0 Å². The maximum absolute atomic E-state index is 13.7. The summed E-state index contributed by atoms with van der Waals surface area (Å²) >= 11 is 0. The molecule has 0 bridgehead atoms. The minimum Gasteiger partial charge on any atom is -0.348 e. The number of nitrogens with two attached hydrogens (primary N) is 1. The predicted octanol–water partition coefficient (Wildman–Crippen LogP) is 2.91. The van der Waals surface area contributed by atoms with E-state index < -0.39 is 17.5 Å². The van der Waals surface area contributed by atoms with Crippen LogP contribution in [0.3, 0.4) is 0 Å². The Hall–Kier alpha value is -1.49. The summed E-state index contributed by atoms with van der Waals surface area (Å²) in [7, 11) is 0. The van der Waals surface area contributed by atoms with Gasteiger partial charge in [0.2, 0.25) is 0 Å². The molecule has 21 heavy (non-hydrogen) atoms. The molecule has 1 saturated carbocycles. The van der Waals surface area contributed by atoms with Gasteiger partial charge < -0.3 is 11.1 Å². The van der Waals surface area contributed by atoms with E-state index in [4.69, 9.17) is 5.73 Å². The molecule has 116 valence electrons. The molecule has 5 heteroatoms. The lowest BCUT2D eigenvalue weighted by Crippen LogP contribution is -2.46. The number of benzene rings is 1. The topological polar surface area (TPSA) is 55.1 Å². The van der Waals surface area contributed by atoms with Crippen molar-refractivity contribution in [3.8, 4) is 0 Å². The van der Waals surface area contributed by atoms with Crippen LogP contribution < -0.4 is 11.1 Å². The normalized spacial score (nSPS) is 17.5. The quantitative estimate of drug-likeness (QED) is 0.897. The number of aryl methyl sites for hydroxylation is 1. The van der Waals surface area contributed by atoms with Gasteiger partial charge in [-0.25, -0.2) is 8.78 Å². The lowest BCUT2D eigenvalue weighted by atomic mass is 9.84. The molecule has 0 radical (unpaired) electrons. The third-order valence-electron chi connectivity index (χ3n) is 4.28. The average Bonchev–Trinajstić information content (AvgIpc) is 2.49. The largest absolute Gasteiger partial charge is 0.348 e. The Morgan fingerprint density at radius 1 is 1.29 bits per heavy atom. The van der Waals surface area contributed by atoms with E-state index in [0.29, 0.717) is 12.5 Å². The van der Waals surface area contributed by atoms with E-state index in [1.807, 2.05) is 0 Å². The van der Waals surface area contributed by atoms with Gasteiger partial charge in [-0.05, 0) is 37.3 Å². The van der Waals surface area contributed by atoms with Gasteiger partial charge in [-0.2, -0.15) is 0 Å². The summed E-state index contributed by atoms with van der Waals surface area (Å²) < 4.78 is 27.0. The van der Waals surface area contributed by atoms with Gasteiger partial charge in [0, 0.05) is 18.7 Å². The lowest BCUT2D eigenvalue weighted by molar-refractivity contribution is 0.0911. The van der Waals surface area contributed by atoms with Crippen LogP contribution in [-0.2, 0) is 0 Å². The van der Waals surface area contributed by atoms with E-state index in [1.165, 1.54) is 19.4 Å². The first kappa shape index (κ1) is 15.9. The van der Waals surface area contributed by atoms with Crippen molar-refractivity contribution in [1.29, 1.82) is 0 Å². The van der Waals surface area contributed by atoms with Crippen LogP contribution in [0.1, 0.15) is 48.0 Å². The first-order valence-electron chi connectivity index (χ1n) is 7.49. The molecule has 1 fully saturated rings. The Bertz CT molecular complexity index is 513. The number of nitrogens with one attached hydrogen (secondary N) is 1. The molecule has 1 aliphatic rings. The highest BCUT2D eigenvalue weighted by Gasteiger charge is 2.25. The predicted molar refractivity (Wildman–Crippen MR) is 78.0 cm³/mol. The molecule has 1 unspecified atom stereocenters. The van der Waals surface area contributed by atoms with E-state index in [0.717, 1.165) is 31.7 Å². The van der Waals surface area contributed by atoms with Crippen LogP contribution in [-0.4, -0.2) is 18.5 Å². The highest BCUT2D eigenvalue weighted by atomic mass is 19.1. The van der Waals surface area contributed by atoms with Gasteiger partial charge in [-0.15, -0.1) is 0 Å². The molecule has 0 spiro atoms. The van der Waals surface area contributed by atoms with Crippen molar-refractivity contribution in [2.24, 2.45) is 11.7 Å². The Balaban J connectivity index is 2.10. The SMILES string of the molecule is Cc1cc(C(=O)NC(CN)C2CCCCC2)c(F)cc1F. The molecule has 1 atom stereocenters. The molecule has 1 aromatic rings. The van der Waals surface area contributed by atoms with Crippen molar-refractivity contribution in [1.82, 2.24) is 5.32 Å². The molecule has 1 amide bonds. The molecule has 1 aromatic carbocycles. The summed E-state index contributed by atoms with van der Waals surface area (Å²) in [5.41, 5.74) is 5.88. The monoisotopic (exact) mass is 296 g/mol. The Kier molecular flexibility index (Phi) is 5.28. The van der Waals surface area contributed by atoms with E-state index in [9.17, 15) is 13.6 Å². The van der Waals surface area contributed by atoms with E-state index >= 15 is 0 Å². The zero-order valence-electron chi connectivity index (χ0n) is 12.3. The van der Waals surface area contributed by atoms with Crippen LogP contribution in [0.4, 0.5) is 8.78 Å². The van der Waals surface area contributed by atoms with Crippen molar-refractivity contribution in [3.63, 3.8) is 0 Å². The Labute approximate surface area is 123 Å². The summed E-state index contributed by atoms with van der Waals surface area (Å²) in [5, 5.41) is 2.81. The van der Waals surface area contributed by atoms with Crippen LogP contribution in [0.2, 0.25) is 0 Å². The maximum atomic E-state index is 13.7. The van der Waals surface area contributed by atoms with Crippen molar-refractivity contribution < 1.29 is 13.6 Å². The second kappa shape index (κ2) is 6.98. The van der Waals surface area contributed by atoms with Crippen molar-refractivity contribution >= 4 is 5.91 Å². The Morgan fingerprint density at radius 2 is 1.95 bits per heavy atom.